The summed E-state index contributed by atoms with van der Waals surface area (Å²) in [5.74, 6) is -0.0104. The highest BCUT2D eigenvalue weighted by atomic mass is 35.5. The van der Waals surface area contributed by atoms with Crippen molar-refractivity contribution in [2.45, 2.75) is 31.8 Å². The van der Waals surface area contributed by atoms with Crippen LogP contribution in [0.5, 0.6) is 0 Å². The lowest BCUT2D eigenvalue weighted by Gasteiger charge is -2.16. The lowest BCUT2D eigenvalue weighted by molar-refractivity contribution is -0.137. The van der Waals surface area contributed by atoms with Gasteiger partial charge in [0.2, 0.25) is 0 Å². The summed E-state index contributed by atoms with van der Waals surface area (Å²) in [6.45, 7) is 5.82. The average molecular weight is 273 g/mol. The lowest BCUT2D eigenvalue weighted by Crippen LogP contribution is -2.22. The maximum absolute atomic E-state index is 11.0. The molecule has 0 aromatic heterocycles. The van der Waals surface area contributed by atoms with Crippen molar-refractivity contribution >= 4 is 29.3 Å². The Labute approximate surface area is 111 Å². The molecule has 1 aromatic rings. The van der Waals surface area contributed by atoms with Gasteiger partial charge in [0.1, 0.15) is 5.25 Å². The van der Waals surface area contributed by atoms with Crippen LogP contribution in [0.3, 0.4) is 0 Å². The maximum Gasteiger partial charge on any atom is 0.316 e. The van der Waals surface area contributed by atoms with Crippen LogP contribution in [-0.2, 0) is 10.5 Å². The van der Waals surface area contributed by atoms with Crippen LogP contribution in [0, 0.1) is 12.8 Å². The first-order chi connectivity index (χ1) is 7.91. The Bertz CT molecular complexity index is 404. The Kier molecular flexibility index (Phi) is 5.34. The summed E-state index contributed by atoms with van der Waals surface area (Å²) in [6, 6.07) is 5.86. The van der Waals surface area contributed by atoms with Crippen molar-refractivity contribution in [3.8, 4) is 0 Å². The number of halogens is 1. The summed E-state index contributed by atoms with van der Waals surface area (Å²) in [7, 11) is 0. The van der Waals surface area contributed by atoms with Crippen molar-refractivity contribution in [2.24, 2.45) is 5.92 Å². The minimum Gasteiger partial charge on any atom is -0.480 e. The van der Waals surface area contributed by atoms with Gasteiger partial charge in [0, 0.05) is 10.8 Å². The molecule has 0 fully saturated rings. The molecule has 1 N–H and O–H groups in total. The molecular weight excluding hydrogens is 256 g/mol. The monoisotopic (exact) mass is 272 g/mol. The molecule has 0 amide bonds. The van der Waals surface area contributed by atoms with Gasteiger partial charge in [-0.05, 0) is 30.0 Å². The number of carbonyl (C=O) groups is 1. The highest BCUT2D eigenvalue weighted by Crippen LogP contribution is 2.27. The van der Waals surface area contributed by atoms with Crippen LogP contribution < -0.4 is 0 Å². The second kappa shape index (κ2) is 6.31. The zero-order valence-corrected chi connectivity index (χ0v) is 11.8. The van der Waals surface area contributed by atoms with Crippen molar-refractivity contribution in [2.75, 3.05) is 0 Å². The first kappa shape index (κ1) is 14.4. The van der Waals surface area contributed by atoms with Crippen LogP contribution in [0.4, 0.5) is 0 Å². The molecule has 1 aromatic carbocycles. The van der Waals surface area contributed by atoms with Crippen molar-refractivity contribution in [1.82, 2.24) is 0 Å². The fraction of sp³-hybridized carbons (Fsp3) is 0.462. The lowest BCUT2D eigenvalue weighted by atomic mass is 10.1. The van der Waals surface area contributed by atoms with Crippen molar-refractivity contribution in [3.63, 3.8) is 0 Å². The van der Waals surface area contributed by atoms with Crippen LogP contribution in [-0.4, -0.2) is 16.3 Å². The molecule has 0 spiro atoms. The SMILES string of the molecule is Cc1ccc(CSC(C(=O)O)C(C)C)c(Cl)c1. The van der Waals surface area contributed by atoms with E-state index in [0.29, 0.717) is 10.8 Å². The van der Waals surface area contributed by atoms with Crippen LogP contribution in [0.15, 0.2) is 18.2 Å². The molecule has 4 heteroatoms. The predicted molar refractivity (Wildman–Crippen MR) is 73.7 cm³/mol. The van der Waals surface area contributed by atoms with Gasteiger partial charge in [-0.25, -0.2) is 0 Å². The average Bonchev–Trinajstić information content (AvgIpc) is 2.20. The Morgan fingerprint density at radius 2 is 2.12 bits per heavy atom. The minimum absolute atomic E-state index is 0.113. The predicted octanol–water partition coefficient (Wildman–Crippen LogP) is 3.99. The zero-order valence-electron chi connectivity index (χ0n) is 10.2. The molecule has 0 heterocycles. The van der Waals surface area contributed by atoms with Crippen molar-refractivity contribution in [3.05, 3.63) is 34.3 Å². The molecule has 0 saturated carbocycles. The fourth-order valence-electron chi connectivity index (χ4n) is 1.50. The van der Waals surface area contributed by atoms with Crippen LogP contribution >= 0.6 is 23.4 Å². The first-order valence-corrected chi connectivity index (χ1v) is 6.94. The first-order valence-electron chi connectivity index (χ1n) is 5.51. The molecule has 2 nitrogen and oxygen atoms in total. The standard InChI is InChI=1S/C13H17ClO2S/c1-8(2)12(13(15)16)17-7-10-5-4-9(3)6-11(10)14/h4-6,8,12H,7H2,1-3H3,(H,15,16). The summed E-state index contributed by atoms with van der Waals surface area (Å²) >= 11 is 7.54. The Morgan fingerprint density at radius 1 is 1.47 bits per heavy atom. The van der Waals surface area contributed by atoms with Gasteiger partial charge < -0.3 is 5.11 Å². The zero-order chi connectivity index (χ0) is 13.0. The third-order valence-electron chi connectivity index (χ3n) is 2.48. The van der Waals surface area contributed by atoms with E-state index < -0.39 is 5.97 Å². The third kappa shape index (κ3) is 4.25. The van der Waals surface area contributed by atoms with Gasteiger partial charge in [0.15, 0.2) is 0 Å². The van der Waals surface area contributed by atoms with Gasteiger partial charge in [-0.15, -0.1) is 11.8 Å². The molecule has 94 valence electrons. The topological polar surface area (TPSA) is 37.3 Å². The summed E-state index contributed by atoms with van der Waals surface area (Å²) in [5, 5.41) is 9.41. The quantitative estimate of drug-likeness (QED) is 0.881. The Balaban J connectivity index is 2.69. The Hall–Kier alpha value is -0.670. The van der Waals surface area contributed by atoms with E-state index in [4.69, 9.17) is 16.7 Å². The molecule has 0 radical (unpaired) electrons. The van der Waals surface area contributed by atoms with E-state index in [1.807, 2.05) is 39.0 Å². The van der Waals surface area contributed by atoms with E-state index in [1.54, 1.807) is 0 Å². The molecule has 0 aliphatic carbocycles. The molecule has 17 heavy (non-hydrogen) atoms. The molecule has 0 aliphatic rings. The molecule has 1 atom stereocenters. The number of hydrogen-bond donors (Lipinski definition) is 1. The van der Waals surface area contributed by atoms with Gasteiger partial charge >= 0.3 is 5.97 Å². The van der Waals surface area contributed by atoms with Gasteiger partial charge in [0.05, 0.1) is 0 Å². The second-order valence-electron chi connectivity index (χ2n) is 4.41. The summed E-state index contributed by atoms with van der Waals surface area (Å²) < 4.78 is 0. The van der Waals surface area contributed by atoms with Gasteiger partial charge in [-0.2, -0.15) is 0 Å². The van der Waals surface area contributed by atoms with Crippen LogP contribution in [0.1, 0.15) is 25.0 Å². The smallest absolute Gasteiger partial charge is 0.316 e. The van der Waals surface area contributed by atoms with E-state index in [1.165, 1.54) is 11.8 Å². The number of aryl methyl sites for hydroxylation is 1. The molecular formula is C13H17ClO2S. The number of hydrogen-bond acceptors (Lipinski definition) is 2. The van der Waals surface area contributed by atoms with Gasteiger partial charge in [-0.3, -0.25) is 4.79 Å². The minimum atomic E-state index is -0.756. The van der Waals surface area contributed by atoms with Crippen molar-refractivity contribution in [1.29, 1.82) is 0 Å². The van der Waals surface area contributed by atoms with E-state index in [0.717, 1.165) is 11.1 Å². The van der Waals surface area contributed by atoms with E-state index in [2.05, 4.69) is 0 Å². The van der Waals surface area contributed by atoms with Crippen LogP contribution in [0.2, 0.25) is 5.02 Å². The number of aliphatic carboxylic acids is 1. The third-order valence-corrected chi connectivity index (χ3v) is 4.41. The molecule has 0 aliphatic heterocycles. The van der Waals surface area contributed by atoms with E-state index >= 15 is 0 Å². The summed E-state index contributed by atoms with van der Waals surface area (Å²) in [4.78, 5) is 11.0. The van der Waals surface area contributed by atoms with Crippen LogP contribution in [0.25, 0.3) is 0 Å². The highest BCUT2D eigenvalue weighted by molar-refractivity contribution is 7.99. The largest absolute Gasteiger partial charge is 0.480 e. The highest BCUT2D eigenvalue weighted by Gasteiger charge is 2.22. The summed E-state index contributed by atoms with van der Waals surface area (Å²) in [5.41, 5.74) is 2.11. The van der Waals surface area contributed by atoms with E-state index in [9.17, 15) is 4.79 Å². The number of benzene rings is 1. The number of thioether (sulfide) groups is 1. The molecule has 0 bridgehead atoms. The van der Waals surface area contributed by atoms with Gasteiger partial charge in [0.25, 0.3) is 0 Å². The number of carboxylic acids is 1. The summed E-state index contributed by atoms with van der Waals surface area (Å²) in [6.07, 6.45) is 0. The fourth-order valence-corrected chi connectivity index (χ4v) is 3.02. The van der Waals surface area contributed by atoms with Crippen molar-refractivity contribution < 1.29 is 9.90 Å². The second-order valence-corrected chi connectivity index (χ2v) is 5.95. The molecule has 1 rings (SSSR count). The molecule has 1 unspecified atom stereocenters. The van der Waals surface area contributed by atoms with E-state index in [-0.39, 0.29) is 11.2 Å². The number of carboxylic acid groups (broad SMARTS) is 1. The number of rotatable bonds is 5. The maximum atomic E-state index is 11.0. The Morgan fingerprint density at radius 3 is 2.59 bits per heavy atom. The van der Waals surface area contributed by atoms with Gasteiger partial charge in [-0.1, -0.05) is 37.6 Å². The molecule has 0 saturated heterocycles. The normalized spacial score (nSPS) is 12.8.